The van der Waals surface area contributed by atoms with E-state index in [-0.39, 0.29) is 24.5 Å². The van der Waals surface area contributed by atoms with E-state index in [9.17, 15) is 24.5 Å². The van der Waals surface area contributed by atoms with E-state index in [1.165, 1.54) is 25.3 Å². The van der Waals surface area contributed by atoms with Gasteiger partial charge in [0.25, 0.3) is 11.8 Å². The van der Waals surface area contributed by atoms with Crippen molar-refractivity contribution in [1.29, 1.82) is 0 Å². The van der Waals surface area contributed by atoms with Crippen LogP contribution in [0.25, 0.3) is 6.08 Å². The quantitative estimate of drug-likeness (QED) is 0.198. The lowest BCUT2D eigenvalue weighted by Gasteiger charge is -2.15. The smallest absolute Gasteiger partial charge is 0.313 e. The van der Waals surface area contributed by atoms with Crippen molar-refractivity contribution in [3.63, 3.8) is 0 Å². The van der Waals surface area contributed by atoms with Gasteiger partial charge >= 0.3 is 5.97 Å². The second kappa shape index (κ2) is 8.87. The summed E-state index contributed by atoms with van der Waals surface area (Å²) in [5.41, 5.74) is 1.07. The second-order valence-electron chi connectivity index (χ2n) is 6.17. The summed E-state index contributed by atoms with van der Waals surface area (Å²) in [6.07, 6.45) is 1.82. The van der Waals surface area contributed by atoms with E-state index in [4.69, 9.17) is 9.47 Å². The standard InChI is InChI=1S/C20H15BrN2O7/c1-29-16-11-12(6-9-23(27)28)10-15(21)18(16)30-17(24)7-8-22-19(25)13-4-2-3-5-14(13)20(22)26/h2-6,9-11H,7-8H2,1H3/b9-6+. The molecule has 0 atom stereocenters. The van der Waals surface area contributed by atoms with E-state index < -0.39 is 22.7 Å². The van der Waals surface area contributed by atoms with Crippen molar-refractivity contribution in [3.8, 4) is 11.5 Å². The Morgan fingerprint density at radius 2 is 1.83 bits per heavy atom. The summed E-state index contributed by atoms with van der Waals surface area (Å²) >= 11 is 3.25. The summed E-state index contributed by atoms with van der Waals surface area (Å²) in [6, 6.07) is 9.44. The Bertz CT molecular complexity index is 1050. The topological polar surface area (TPSA) is 116 Å². The van der Waals surface area contributed by atoms with Crippen LogP contribution in [-0.4, -0.2) is 41.3 Å². The van der Waals surface area contributed by atoms with E-state index in [0.29, 0.717) is 21.2 Å². The Labute approximate surface area is 179 Å². The Morgan fingerprint density at radius 3 is 2.40 bits per heavy atom. The molecule has 0 N–H and O–H groups in total. The number of halogens is 1. The Kier molecular flexibility index (Phi) is 6.26. The van der Waals surface area contributed by atoms with E-state index in [1.54, 1.807) is 24.3 Å². The third-order valence-corrected chi connectivity index (χ3v) is 4.86. The first-order chi connectivity index (χ1) is 14.3. The molecule has 0 bridgehead atoms. The van der Waals surface area contributed by atoms with Crippen molar-refractivity contribution >= 4 is 39.8 Å². The molecular weight excluding hydrogens is 460 g/mol. The molecule has 3 rings (SSSR count). The lowest BCUT2D eigenvalue weighted by Crippen LogP contribution is -2.32. The lowest BCUT2D eigenvalue weighted by molar-refractivity contribution is -0.400. The van der Waals surface area contributed by atoms with Gasteiger partial charge in [-0.05, 0) is 45.8 Å². The van der Waals surface area contributed by atoms with Gasteiger partial charge in [-0.1, -0.05) is 12.1 Å². The lowest BCUT2D eigenvalue weighted by atomic mass is 10.1. The van der Waals surface area contributed by atoms with E-state index >= 15 is 0 Å². The fraction of sp³-hybridized carbons (Fsp3) is 0.150. The van der Waals surface area contributed by atoms with Gasteiger partial charge in [0.05, 0.1) is 34.1 Å². The second-order valence-corrected chi connectivity index (χ2v) is 7.02. The van der Waals surface area contributed by atoms with E-state index in [1.807, 2.05) is 0 Å². The third kappa shape index (κ3) is 4.38. The minimum absolute atomic E-state index is 0.0862. The van der Waals surface area contributed by atoms with Crippen LogP contribution in [0.4, 0.5) is 0 Å². The van der Waals surface area contributed by atoms with Gasteiger partial charge in [0.2, 0.25) is 6.20 Å². The number of fused-ring (bicyclic) bond motifs is 1. The number of carbonyl (C=O) groups is 3. The van der Waals surface area contributed by atoms with Crippen LogP contribution < -0.4 is 9.47 Å². The van der Waals surface area contributed by atoms with Crippen molar-refractivity contribution in [3.05, 3.63) is 73.9 Å². The number of ether oxygens (including phenoxy) is 2. The molecular formula is C20H15BrN2O7. The van der Waals surface area contributed by atoms with Gasteiger partial charge in [0.1, 0.15) is 0 Å². The highest BCUT2D eigenvalue weighted by molar-refractivity contribution is 9.10. The molecule has 10 heteroatoms. The average Bonchev–Trinajstić information content (AvgIpc) is 2.96. The Hall–Kier alpha value is -3.53. The molecule has 1 aliphatic heterocycles. The maximum atomic E-state index is 12.4. The molecule has 0 unspecified atom stereocenters. The fourth-order valence-electron chi connectivity index (χ4n) is 2.89. The molecule has 0 radical (unpaired) electrons. The predicted octanol–water partition coefficient (Wildman–Crippen LogP) is 3.30. The molecule has 1 heterocycles. The van der Waals surface area contributed by atoms with Crippen LogP contribution in [0, 0.1) is 10.1 Å². The first kappa shape index (κ1) is 21.2. The summed E-state index contributed by atoms with van der Waals surface area (Å²) in [5, 5.41) is 10.5. The van der Waals surface area contributed by atoms with Crippen LogP contribution in [0.1, 0.15) is 32.7 Å². The zero-order valence-corrected chi connectivity index (χ0v) is 17.2. The minimum Gasteiger partial charge on any atom is -0.493 e. The number of benzene rings is 2. The van der Waals surface area contributed by atoms with Crippen molar-refractivity contribution < 1.29 is 28.8 Å². The van der Waals surface area contributed by atoms with E-state index in [2.05, 4.69) is 15.9 Å². The van der Waals surface area contributed by atoms with Gasteiger partial charge in [0.15, 0.2) is 11.5 Å². The number of carbonyl (C=O) groups excluding carboxylic acids is 3. The summed E-state index contributed by atoms with van der Waals surface area (Å²) < 4.78 is 10.9. The molecule has 154 valence electrons. The van der Waals surface area contributed by atoms with Crippen LogP contribution in [0.2, 0.25) is 0 Å². The van der Waals surface area contributed by atoms with Gasteiger partial charge in [-0.15, -0.1) is 0 Å². The maximum absolute atomic E-state index is 12.4. The number of methoxy groups -OCH3 is 1. The van der Waals surface area contributed by atoms with Crippen molar-refractivity contribution in [2.24, 2.45) is 0 Å². The zero-order valence-electron chi connectivity index (χ0n) is 15.7. The van der Waals surface area contributed by atoms with Crippen LogP contribution >= 0.6 is 15.9 Å². The van der Waals surface area contributed by atoms with Gasteiger partial charge in [-0.2, -0.15) is 0 Å². The minimum atomic E-state index is -0.681. The molecule has 0 saturated carbocycles. The Balaban J connectivity index is 1.69. The number of nitro groups is 1. The molecule has 0 spiro atoms. The van der Waals surface area contributed by atoms with Crippen LogP contribution in [0.15, 0.2) is 47.1 Å². The zero-order chi connectivity index (χ0) is 21.8. The average molecular weight is 475 g/mol. The fourth-order valence-corrected chi connectivity index (χ4v) is 3.43. The van der Waals surface area contributed by atoms with Crippen molar-refractivity contribution in [1.82, 2.24) is 4.90 Å². The molecule has 30 heavy (non-hydrogen) atoms. The summed E-state index contributed by atoms with van der Waals surface area (Å²) in [6.45, 7) is -0.130. The first-order valence-electron chi connectivity index (χ1n) is 8.67. The summed E-state index contributed by atoms with van der Waals surface area (Å²) in [5.74, 6) is -1.32. The number of rotatable bonds is 7. The van der Waals surface area contributed by atoms with Gasteiger partial charge in [-0.25, -0.2) is 0 Å². The van der Waals surface area contributed by atoms with Crippen LogP contribution in [-0.2, 0) is 4.79 Å². The number of imide groups is 1. The molecule has 0 aromatic heterocycles. The summed E-state index contributed by atoms with van der Waals surface area (Å²) in [4.78, 5) is 47.9. The highest BCUT2D eigenvalue weighted by atomic mass is 79.9. The van der Waals surface area contributed by atoms with Gasteiger partial charge in [0, 0.05) is 12.6 Å². The molecule has 0 aliphatic carbocycles. The maximum Gasteiger partial charge on any atom is 0.313 e. The Morgan fingerprint density at radius 1 is 1.20 bits per heavy atom. The van der Waals surface area contributed by atoms with Crippen LogP contribution in [0.5, 0.6) is 11.5 Å². The normalized spacial score (nSPS) is 12.9. The number of nitrogens with zero attached hydrogens (tertiary/aromatic N) is 2. The van der Waals surface area contributed by atoms with Crippen LogP contribution in [0.3, 0.4) is 0 Å². The van der Waals surface area contributed by atoms with Gasteiger partial charge in [-0.3, -0.25) is 29.4 Å². The van der Waals surface area contributed by atoms with E-state index in [0.717, 1.165) is 11.1 Å². The molecule has 2 aromatic rings. The highest BCUT2D eigenvalue weighted by Crippen LogP contribution is 2.37. The first-order valence-corrected chi connectivity index (χ1v) is 9.46. The molecule has 2 aromatic carbocycles. The molecule has 0 saturated heterocycles. The largest absolute Gasteiger partial charge is 0.493 e. The monoisotopic (exact) mass is 474 g/mol. The summed E-state index contributed by atoms with van der Waals surface area (Å²) in [7, 11) is 1.36. The van der Waals surface area contributed by atoms with Crippen molar-refractivity contribution in [2.45, 2.75) is 6.42 Å². The number of esters is 1. The number of hydrogen-bond donors (Lipinski definition) is 0. The van der Waals surface area contributed by atoms with Gasteiger partial charge < -0.3 is 9.47 Å². The number of hydrogen-bond acceptors (Lipinski definition) is 7. The predicted molar refractivity (Wildman–Crippen MR) is 109 cm³/mol. The third-order valence-electron chi connectivity index (χ3n) is 4.27. The highest BCUT2D eigenvalue weighted by Gasteiger charge is 2.35. The van der Waals surface area contributed by atoms with Crippen molar-refractivity contribution in [2.75, 3.05) is 13.7 Å². The molecule has 0 fully saturated rings. The molecule has 9 nitrogen and oxygen atoms in total. The SMILES string of the molecule is COc1cc(/C=C/[N+](=O)[O-])cc(Br)c1OC(=O)CCN1C(=O)c2ccccc2C1=O. The molecule has 1 aliphatic rings. The number of amides is 2. The molecule has 2 amide bonds.